The average molecular weight is 472 g/mol. The van der Waals surface area contributed by atoms with Crippen molar-refractivity contribution in [1.82, 2.24) is 9.55 Å². The van der Waals surface area contributed by atoms with E-state index in [2.05, 4.69) is 4.98 Å². The molecule has 1 aliphatic rings. The summed E-state index contributed by atoms with van der Waals surface area (Å²) < 4.78 is 54.5. The second-order valence-electron chi connectivity index (χ2n) is 6.70. The lowest BCUT2D eigenvalue weighted by Crippen LogP contribution is -2.32. The zero-order chi connectivity index (χ0) is 22.8. The van der Waals surface area contributed by atoms with Gasteiger partial charge in [-0.25, -0.2) is 18.8 Å². The van der Waals surface area contributed by atoms with E-state index in [0.717, 1.165) is 16.7 Å². The van der Waals surface area contributed by atoms with Crippen molar-refractivity contribution in [3.8, 4) is 5.82 Å². The highest BCUT2D eigenvalue weighted by Crippen LogP contribution is 2.35. The Hall–Kier alpha value is -3.05. The largest absolute Gasteiger partial charge is 0.417 e. The van der Waals surface area contributed by atoms with Crippen LogP contribution in [0.25, 0.3) is 16.0 Å². The minimum Gasteiger partial charge on any atom is -0.269 e. The maximum absolute atomic E-state index is 14.7. The molecule has 6 nitrogen and oxygen atoms in total. The first-order chi connectivity index (χ1) is 14.4. The summed E-state index contributed by atoms with van der Waals surface area (Å²) >= 11 is 6.57. The number of pyridine rings is 1. The normalized spacial score (nSPS) is 15.0. The van der Waals surface area contributed by atoms with Crippen LogP contribution in [0, 0.1) is 5.82 Å². The molecule has 12 heteroatoms. The lowest BCUT2D eigenvalue weighted by molar-refractivity contribution is -0.137. The molecule has 160 valence electrons. The molecule has 0 saturated heterocycles. The second kappa shape index (κ2) is 6.99. The Bertz CT molecular complexity index is 1370. The molecule has 31 heavy (non-hydrogen) atoms. The van der Waals surface area contributed by atoms with Crippen LogP contribution in [0.1, 0.15) is 19.4 Å². The first-order valence-electron chi connectivity index (χ1n) is 8.56. The van der Waals surface area contributed by atoms with Gasteiger partial charge in [-0.15, -0.1) is 0 Å². The number of imide groups is 1. The van der Waals surface area contributed by atoms with E-state index in [-0.39, 0.29) is 27.2 Å². The van der Waals surface area contributed by atoms with E-state index >= 15 is 0 Å². The molecule has 0 unspecified atom stereocenters. The van der Waals surface area contributed by atoms with Gasteiger partial charge >= 0.3 is 11.0 Å². The molecule has 2 amide bonds. The van der Waals surface area contributed by atoms with Gasteiger partial charge < -0.3 is 0 Å². The van der Waals surface area contributed by atoms with E-state index in [4.69, 9.17) is 11.6 Å². The minimum absolute atomic E-state index is 0.0309. The number of hydrogen-bond acceptors (Lipinski definition) is 5. The molecule has 1 aliphatic heterocycles. The number of nitrogens with zero attached hydrogens (tertiary/aromatic N) is 3. The fraction of sp³-hybridized carbons (Fsp3) is 0.158. The molecule has 3 aromatic rings. The zero-order valence-electron chi connectivity index (χ0n) is 15.7. The molecule has 1 aromatic carbocycles. The Balaban J connectivity index is 1.93. The molecule has 0 bridgehead atoms. The van der Waals surface area contributed by atoms with E-state index in [1.165, 1.54) is 13.8 Å². The molecule has 4 rings (SSSR count). The van der Waals surface area contributed by atoms with Crippen LogP contribution in [-0.4, -0.2) is 21.4 Å². The molecular weight excluding hydrogens is 462 g/mol. The number of anilines is 1. The van der Waals surface area contributed by atoms with Gasteiger partial charge in [-0.1, -0.05) is 22.9 Å². The van der Waals surface area contributed by atoms with Crippen LogP contribution in [0.5, 0.6) is 0 Å². The number of halogens is 5. The number of rotatable bonds is 2. The van der Waals surface area contributed by atoms with Crippen LogP contribution in [-0.2, 0) is 15.8 Å². The summed E-state index contributed by atoms with van der Waals surface area (Å²) in [5.41, 5.74) is -1.16. The summed E-state index contributed by atoms with van der Waals surface area (Å²) in [4.78, 5) is 41.0. The first-order valence-corrected chi connectivity index (χ1v) is 9.75. The highest BCUT2D eigenvalue weighted by Gasteiger charge is 2.37. The van der Waals surface area contributed by atoms with Gasteiger partial charge in [0.1, 0.15) is 5.82 Å². The molecule has 3 heterocycles. The van der Waals surface area contributed by atoms with Crippen LogP contribution < -0.4 is 9.77 Å². The third-order valence-electron chi connectivity index (χ3n) is 4.86. The van der Waals surface area contributed by atoms with E-state index < -0.39 is 45.0 Å². The van der Waals surface area contributed by atoms with Crippen molar-refractivity contribution in [2.24, 2.45) is 0 Å². The summed E-state index contributed by atoms with van der Waals surface area (Å²) in [6.07, 6.45) is -4.17. The Morgan fingerprint density at radius 3 is 2.19 bits per heavy atom. The lowest BCUT2D eigenvalue weighted by Gasteiger charge is -2.16. The van der Waals surface area contributed by atoms with Crippen LogP contribution >= 0.6 is 22.9 Å². The summed E-state index contributed by atoms with van der Waals surface area (Å²) in [6, 6.07) is 2.68. The van der Waals surface area contributed by atoms with E-state index in [1.807, 2.05) is 0 Å². The van der Waals surface area contributed by atoms with Crippen molar-refractivity contribution in [2.45, 2.75) is 20.0 Å². The lowest BCUT2D eigenvalue weighted by atomic mass is 10.2. The van der Waals surface area contributed by atoms with Crippen molar-refractivity contribution >= 4 is 50.7 Å². The van der Waals surface area contributed by atoms with Crippen molar-refractivity contribution in [2.75, 3.05) is 4.90 Å². The maximum atomic E-state index is 14.7. The Morgan fingerprint density at radius 2 is 1.65 bits per heavy atom. The van der Waals surface area contributed by atoms with Crippen LogP contribution in [0.2, 0.25) is 5.02 Å². The van der Waals surface area contributed by atoms with Crippen LogP contribution in [0.3, 0.4) is 0 Å². The quantitative estimate of drug-likeness (QED) is 0.408. The summed E-state index contributed by atoms with van der Waals surface area (Å²) in [7, 11) is 0. The number of alkyl halides is 3. The molecule has 0 saturated carbocycles. The molecule has 0 atom stereocenters. The SMILES string of the molecule is CC1=C(C)C(=O)N(c2cc3c(cc2F)sc(=O)n3-c2ncc(C(F)(F)F)cc2Cl)C1=O. The standard InChI is InChI=1S/C19H10ClF4N3O3S/c1-7-8(2)17(29)27(16(7)28)12-5-13-14(4-11(12)21)31-18(30)26(13)15-10(20)3-9(6-25-15)19(22,23)24/h3-6H,1-2H3. The van der Waals surface area contributed by atoms with Crippen LogP contribution in [0.15, 0.2) is 40.3 Å². The van der Waals surface area contributed by atoms with Gasteiger partial charge in [0.25, 0.3) is 11.8 Å². The van der Waals surface area contributed by atoms with E-state index in [9.17, 15) is 31.9 Å². The van der Waals surface area contributed by atoms with Crippen molar-refractivity contribution in [1.29, 1.82) is 0 Å². The van der Waals surface area contributed by atoms with E-state index in [0.29, 0.717) is 28.5 Å². The first kappa shape index (κ1) is 21.2. The summed E-state index contributed by atoms with van der Waals surface area (Å²) in [6.45, 7) is 2.86. The van der Waals surface area contributed by atoms with Gasteiger partial charge in [-0.3, -0.25) is 14.4 Å². The number of amides is 2. The van der Waals surface area contributed by atoms with Gasteiger partial charge in [0.15, 0.2) is 5.82 Å². The van der Waals surface area contributed by atoms with Crippen molar-refractivity contribution in [3.63, 3.8) is 0 Å². The zero-order valence-corrected chi connectivity index (χ0v) is 17.2. The Kier molecular flexibility index (Phi) is 4.78. The molecule has 0 N–H and O–H groups in total. The number of carbonyl (C=O) groups is 2. The molecular formula is C19H10ClF4N3O3S. The Labute approximate surface area is 180 Å². The number of hydrogen-bond donors (Lipinski definition) is 0. The van der Waals surface area contributed by atoms with Gasteiger partial charge in [-0.05, 0) is 32.0 Å². The third kappa shape index (κ3) is 3.24. The number of aromatic nitrogens is 2. The van der Waals surface area contributed by atoms with Gasteiger partial charge in [0, 0.05) is 17.3 Å². The predicted molar refractivity (Wildman–Crippen MR) is 106 cm³/mol. The number of benzene rings is 1. The fourth-order valence-electron chi connectivity index (χ4n) is 3.12. The number of fused-ring (bicyclic) bond motifs is 1. The molecule has 0 fully saturated rings. The highest BCUT2D eigenvalue weighted by molar-refractivity contribution is 7.16. The monoisotopic (exact) mass is 471 g/mol. The smallest absolute Gasteiger partial charge is 0.269 e. The molecule has 0 radical (unpaired) electrons. The Morgan fingerprint density at radius 1 is 1.03 bits per heavy atom. The maximum Gasteiger partial charge on any atom is 0.417 e. The van der Waals surface area contributed by atoms with Crippen molar-refractivity contribution in [3.05, 3.63) is 61.6 Å². The van der Waals surface area contributed by atoms with Gasteiger partial charge in [0.2, 0.25) is 0 Å². The highest BCUT2D eigenvalue weighted by atomic mass is 35.5. The van der Waals surface area contributed by atoms with Crippen LogP contribution in [0.4, 0.5) is 23.2 Å². The average Bonchev–Trinajstić information content (AvgIpc) is 3.09. The molecule has 0 spiro atoms. The fourth-order valence-corrected chi connectivity index (χ4v) is 4.25. The third-order valence-corrected chi connectivity index (χ3v) is 6.04. The summed E-state index contributed by atoms with van der Waals surface area (Å²) in [5, 5.41) is -0.454. The predicted octanol–water partition coefficient (Wildman–Crippen LogP) is 4.47. The van der Waals surface area contributed by atoms with Gasteiger partial charge in [0.05, 0.1) is 26.5 Å². The number of thiazole rings is 1. The van der Waals surface area contributed by atoms with Gasteiger partial charge in [-0.2, -0.15) is 13.2 Å². The van der Waals surface area contributed by atoms with E-state index in [1.54, 1.807) is 0 Å². The second-order valence-corrected chi connectivity index (χ2v) is 8.10. The summed E-state index contributed by atoms with van der Waals surface area (Å²) in [5.74, 6) is -2.64. The van der Waals surface area contributed by atoms with Crippen molar-refractivity contribution < 1.29 is 27.2 Å². The minimum atomic E-state index is -4.69. The topological polar surface area (TPSA) is 72.3 Å². The molecule has 2 aromatic heterocycles. The number of carbonyl (C=O) groups excluding carboxylic acids is 2. The molecule has 0 aliphatic carbocycles.